The van der Waals surface area contributed by atoms with Gasteiger partial charge in [0.05, 0.1) is 7.11 Å². The highest BCUT2D eigenvalue weighted by Crippen LogP contribution is 2.24. The first kappa shape index (κ1) is 13.5. The van der Waals surface area contributed by atoms with Crippen molar-refractivity contribution in [3.05, 3.63) is 29.6 Å². The minimum atomic E-state index is -0.270. The number of halogens is 2. The van der Waals surface area contributed by atoms with E-state index in [1.165, 1.54) is 26.0 Å². The molecule has 1 aromatic carbocycles. The van der Waals surface area contributed by atoms with E-state index >= 15 is 0 Å². The van der Waals surface area contributed by atoms with E-state index in [0.29, 0.717) is 11.8 Å². The molecule has 2 nitrogen and oxygen atoms in total. The summed E-state index contributed by atoms with van der Waals surface area (Å²) >= 11 is 0. The van der Waals surface area contributed by atoms with Crippen LogP contribution in [0.15, 0.2) is 18.2 Å². The van der Waals surface area contributed by atoms with Gasteiger partial charge in [-0.3, -0.25) is 0 Å². The number of hydrogen-bond acceptors (Lipinski definition) is 2. The molecule has 16 heavy (non-hydrogen) atoms. The van der Waals surface area contributed by atoms with Gasteiger partial charge in [0.25, 0.3) is 0 Å². The van der Waals surface area contributed by atoms with E-state index in [1.54, 1.807) is 6.07 Å². The second-order valence-corrected chi connectivity index (χ2v) is 3.93. The number of benzene rings is 1. The Hall–Kier alpha value is -0.610. The Morgan fingerprint density at radius 1 is 1.50 bits per heavy atom. The molecule has 0 aliphatic carbocycles. The Balaban J connectivity index is 0.00000128. The third-order valence-corrected chi connectivity index (χ3v) is 2.88. The third-order valence-electron chi connectivity index (χ3n) is 2.88. The highest BCUT2D eigenvalue weighted by molar-refractivity contribution is 8.93. The van der Waals surface area contributed by atoms with E-state index in [1.807, 2.05) is 6.07 Å². The molecule has 2 rings (SSSR count). The second-order valence-electron chi connectivity index (χ2n) is 3.93. The molecule has 1 N–H and O–H groups in total. The standard InChI is InChI=1S/C12H16FNO.BrH/c1-15-12-9(4-2-6-11(12)13)8-10-5-3-7-14-10;/h2,4,6,10,14H,3,5,7-8H2,1H3;1H. The van der Waals surface area contributed by atoms with Gasteiger partial charge in [0, 0.05) is 6.04 Å². The molecule has 4 heteroatoms. The van der Waals surface area contributed by atoms with Crippen molar-refractivity contribution in [1.29, 1.82) is 0 Å². The monoisotopic (exact) mass is 289 g/mol. The molecule has 90 valence electrons. The van der Waals surface area contributed by atoms with E-state index in [0.717, 1.165) is 18.5 Å². The normalized spacial score (nSPS) is 19.2. The first-order valence-corrected chi connectivity index (χ1v) is 5.36. The van der Waals surface area contributed by atoms with Crippen molar-refractivity contribution >= 4 is 17.0 Å². The molecule has 1 heterocycles. The van der Waals surface area contributed by atoms with Crippen LogP contribution in [0.3, 0.4) is 0 Å². The van der Waals surface area contributed by atoms with E-state index in [9.17, 15) is 4.39 Å². The van der Waals surface area contributed by atoms with Crippen molar-refractivity contribution < 1.29 is 9.13 Å². The highest BCUT2D eigenvalue weighted by Gasteiger charge is 2.17. The average Bonchev–Trinajstić information content (AvgIpc) is 2.71. The molecule has 1 aliphatic heterocycles. The molecule has 1 atom stereocenters. The van der Waals surface area contributed by atoms with Crippen molar-refractivity contribution in [2.45, 2.75) is 25.3 Å². The molecular formula is C12H17BrFNO. The minimum absolute atomic E-state index is 0. The molecule has 1 aliphatic rings. The average molecular weight is 290 g/mol. The van der Waals surface area contributed by atoms with Gasteiger partial charge in [0.1, 0.15) is 0 Å². The van der Waals surface area contributed by atoms with Gasteiger partial charge >= 0.3 is 0 Å². The molecule has 1 saturated heterocycles. The van der Waals surface area contributed by atoms with Crippen LogP contribution in [0.25, 0.3) is 0 Å². The highest BCUT2D eigenvalue weighted by atomic mass is 79.9. The summed E-state index contributed by atoms with van der Waals surface area (Å²) in [6, 6.07) is 5.58. The molecule has 0 spiro atoms. The Kier molecular flexibility index (Phi) is 5.22. The Morgan fingerprint density at radius 2 is 2.31 bits per heavy atom. The molecule has 1 unspecified atom stereocenters. The maximum atomic E-state index is 13.4. The number of para-hydroxylation sites is 1. The molecule has 1 aromatic rings. The summed E-state index contributed by atoms with van der Waals surface area (Å²) in [5, 5.41) is 3.40. The number of rotatable bonds is 3. The molecule has 0 bridgehead atoms. The Bertz CT molecular complexity index is 340. The lowest BCUT2D eigenvalue weighted by Gasteiger charge is -2.13. The summed E-state index contributed by atoms with van der Waals surface area (Å²) in [5.74, 6) is 0.124. The van der Waals surface area contributed by atoms with Gasteiger partial charge in [0.2, 0.25) is 0 Å². The summed E-state index contributed by atoms with van der Waals surface area (Å²) in [7, 11) is 1.52. The predicted octanol–water partition coefficient (Wildman–Crippen LogP) is 2.71. The van der Waals surface area contributed by atoms with Crippen molar-refractivity contribution in [1.82, 2.24) is 5.32 Å². The lowest BCUT2D eigenvalue weighted by molar-refractivity contribution is 0.379. The zero-order valence-corrected chi connectivity index (χ0v) is 11.0. The van der Waals surface area contributed by atoms with Gasteiger partial charge < -0.3 is 10.1 Å². The second kappa shape index (κ2) is 6.21. The van der Waals surface area contributed by atoms with Gasteiger partial charge in [-0.05, 0) is 37.4 Å². The van der Waals surface area contributed by atoms with Crippen LogP contribution in [0.2, 0.25) is 0 Å². The van der Waals surface area contributed by atoms with E-state index in [-0.39, 0.29) is 22.8 Å². The van der Waals surface area contributed by atoms with Gasteiger partial charge in [-0.25, -0.2) is 4.39 Å². The smallest absolute Gasteiger partial charge is 0.165 e. The lowest BCUT2D eigenvalue weighted by atomic mass is 10.0. The zero-order chi connectivity index (χ0) is 10.7. The number of nitrogens with one attached hydrogen (secondary N) is 1. The summed E-state index contributed by atoms with van der Waals surface area (Å²) in [5.41, 5.74) is 0.955. The summed E-state index contributed by atoms with van der Waals surface area (Å²) in [6.45, 7) is 1.07. The van der Waals surface area contributed by atoms with Gasteiger partial charge in [-0.2, -0.15) is 0 Å². The van der Waals surface area contributed by atoms with Crippen molar-refractivity contribution in [2.75, 3.05) is 13.7 Å². The SMILES string of the molecule is Br.COc1c(F)cccc1CC1CCCN1. The Morgan fingerprint density at radius 3 is 2.94 bits per heavy atom. The molecule has 0 saturated carbocycles. The van der Waals surface area contributed by atoms with Crippen LogP contribution in [0.5, 0.6) is 5.75 Å². The fourth-order valence-electron chi connectivity index (χ4n) is 2.14. The number of hydrogen-bond donors (Lipinski definition) is 1. The molecule has 0 amide bonds. The van der Waals surface area contributed by atoms with Gasteiger partial charge in [-0.15, -0.1) is 17.0 Å². The predicted molar refractivity (Wildman–Crippen MR) is 68.0 cm³/mol. The topological polar surface area (TPSA) is 21.3 Å². The fraction of sp³-hybridized carbons (Fsp3) is 0.500. The molecular weight excluding hydrogens is 273 g/mol. The summed E-state index contributed by atoms with van der Waals surface area (Å²) in [4.78, 5) is 0. The van der Waals surface area contributed by atoms with E-state index in [2.05, 4.69) is 5.32 Å². The fourth-order valence-corrected chi connectivity index (χ4v) is 2.14. The van der Waals surface area contributed by atoms with Crippen molar-refractivity contribution in [3.63, 3.8) is 0 Å². The van der Waals surface area contributed by atoms with Crippen LogP contribution in [-0.4, -0.2) is 19.7 Å². The van der Waals surface area contributed by atoms with Crippen LogP contribution >= 0.6 is 17.0 Å². The van der Waals surface area contributed by atoms with Crippen LogP contribution < -0.4 is 10.1 Å². The number of methoxy groups -OCH3 is 1. The first-order valence-electron chi connectivity index (χ1n) is 5.36. The quantitative estimate of drug-likeness (QED) is 0.924. The van der Waals surface area contributed by atoms with Crippen LogP contribution in [-0.2, 0) is 6.42 Å². The van der Waals surface area contributed by atoms with Crippen molar-refractivity contribution in [3.8, 4) is 5.75 Å². The number of ether oxygens (including phenoxy) is 1. The van der Waals surface area contributed by atoms with Crippen LogP contribution in [0, 0.1) is 5.82 Å². The minimum Gasteiger partial charge on any atom is -0.493 e. The summed E-state index contributed by atoms with van der Waals surface area (Å²) in [6.07, 6.45) is 3.23. The summed E-state index contributed by atoms with van der Waals surface area (Å²) < 4.78 is 18.5. The largest absolute Gasteiger partial charge is 0.493 e. The van der Waals surface area contributed by atoms with Crippen LogP contribution in [0.4, 0.5) is 4.39 Å². The van der Waals surface area contributed by atoms with E-state index in [4.69, 9.17) is 4.74 Å². The van der Waals surface area contributed by atoms with Crippen molar-refractivity contribution in [2.24, 2.45) is 0 Å². The Labute approximate surface area is 106 Å². The molecule has 1 fully saturated rings. The van der Waals surface area contributed by atoms with Gasteiger partial charge in [0.15, 0.2) is 11.6 Å². The lowest BCUT2D eigenvalue weighted by Crippen LogP contribution is -2.23. The van der Waals surface area contributed by atoms with Crippen LogP contribution in [0.1, 0.15) is 18.4 Å². The maximum absolute atomic E-state index is 13.4. The zero-order valence-electron chi connectivity index (χ0n) is 9.33. The molecule has 0 radical (unpaired) electrons. The van der Waals surface area contributed by atoms with E-state index < -0.39 is 0 Å². The first-order chi connectivity index (χ1) is 7.31. The molecule has 0 aromatic heterocycles. The third kappa shape index (κ3) is 2.95. The van der Waals surface area contributed by atoms with Gasteiger partial charge in [-0.1, -0.05) is 12.1 Å². The maximum Gasteiger partial charge on any atom is 0.165 e.